The zero-order chi connectivity index (χ0) is 15.6. The fourth-order valence-corrected chi connectivity index (χ4v) is 2.64. The first kappa shape index (κ1) is 15.8. The highest BCUT2D eigenvalue weighted by Gasteiger charge is 2.34. The van der Waals surface area contributed by atoms with Crippen molar-refractivity contribution in [2.24, 2.45) is 11.1 Å². The molecule has 21 heavy (non-hydrogen) atoms. The second-order valence-electron chi connectivity index (χ2n) is 5.72. The Hall–Kier alpha value is -1.56. The van der Waals surface area contributed by atoms with E-state index in [1.807, 2.05) is 6.92 Å². The number of hydrogen-bond acceptors (Lipinski definition) is 2. The van der Waals surface area contributed by atoms with Gasteiger partial charge in [-0.15, -0.1) is 0 Å². The van der Waals surface area contributed by atoms with Gasteiger partial charge in [-0.05, 0) is 24.5 Å². The zero-order valence-corrected chi connectivity index (χ0v) is 12.7. The number of nitrogens with zero attached hydrogens (tertiary/aromatic N) is 1. The lowest BCUT2D eigenvalue weighted by Crippen LogP contribution is -2.47. The molecular formula is C15H18F2N2OS. The van der Waals surface area contributed by atoms with Gasteiger partial charge in [-0.2, -0.15) is 0 Å². The average Bonchev–Trinajstić information content (AvgIpc) is 2.42. The summed E-state index contributed by atoms with van der Waals surface area (Å²) in [7, 11) is 0. The zero-order valence-electron chi connectivity index (χ0n) is 11.9. The number of carbonyl (C=O) groups is 1. The number of amides is 1. The highest BCUT2D eigenvalue weighted by molar-refractivity contribution is 7.80. The Morgan fingerprint density at radius 3 is 2.52 bits per heavy atom. The second kappa shape index (κ2) is 6.05. The maximum atomic E-state index is 13.6. The molecule has 0 radical (unpaired) electrons. The van der Waals surface area contributed by atoms with E-state index in [-0.39, 0.29) is 23.3 Å². The van der Waals surface area contributed by atoms with Gasteiger partial charge in [0.15, 0.2) is 0 Å². The standard InChI is InChI=1S/C15H18F2N2OS/c1-15(14(18)21)4-6-19(7-5-15)13(20)8-10-2-3-11(16)9-12(10)17/h2-3,9H,4-8H2,1H3,(H2,18,21). The van der Waals surface area contributed by atoms with Crippen LogP contribution in [0.2, 0.25) is 0 Å². The number of benzene rings is 1. The molecular weight excluding hydrogens is 294 g/mol. The van der Waals surface area contributed by atoms with Gasteiger partial charge < -0.3 is 10.6 Å². The molecule has 0 spiro atoms. The summed E-state index contributed by atoms with van der Waals surface area (Å²) < 4.78 is 26.4. The molecule has 1 saturated heterocycles. The monoisotopic (exact) mass is 312 g/mol. The highest BCUT2D eigenvalue weighted by atomic mass is 32.1. The van der Waals surface area contributed by atoms with Crippen molar-refractivity contribution in [2.45, 2.75) is 26.2 Å². The van der Waals surface area contributed by atoms with Crippen LogP contribution in [0, 0.1) is 17.0 Å². The maximum Gasteiger partial charge on any atom is 0.227 e. The molecule has 0 aromatic heterocycles. The van der Waals surface area contributed by atoms with Gasteiger partial charge in [-0.1, -0.05) is 25.2 Å². The van der Waals surface area contributed by atoms with Crippen molar-refractivity contribution in [3.05, 3.63) is 35.4 Å². The van der Waals surface area contributed by atoms with Crippen LogP contribution >= 0.6 is 12.2 Å². The van der Waals surface area contributed by atoms with E-state index in [0.717, 1.165) is 12.1 Å². The lowest BCUT2D eigenvalue weighted by Gasteiger charge is -2.38. The molecule has 1 aromatic carbocycles. The largest absolute Gasteiger partial charge is 0.393 e. The van der Waals surface area contributed by atoms with Gasteiger partial charge in [-0.3, -0.25) is 4.79 Å². The van der Waals surface area contributed by atoms with Crippen LogP contribution in [-0.2, 0) is 11.2 Å². The van der Waals surface area contributed by atoms with E-state index in [2.05, 4.69) is 0 Å². The fourth-order valence-electron chi connectivity index (χ4n) is 2.44. The molecule has 0 unspecified atom stereocenters. The molecule has 6 heteroatoms. The van der Waals surface area contributed by atoms with Crippen molar-refractivity contribution in [1.82, 2.24) is 4.90 Å². The number of hydrogen-bond donors (Lipinski definition) is 1. The van der Waals surface area contributed by atoms with Crippen LogP contribution in [-0.4, -0.2) is 28.9 Å². The number of halogens is 2. The number of likely N-dealkylation sites (tertiary alicyclic amines) is 1. The van der Waals surface area contributed by atoms with E-state index in [1.165, 1.54) is 6.07 Å². The first-order valence-electron chi connectivity index (χ1n) is 6.83. The summed E-state index contributed by atoms with van der Waals surface area (Å²) in [6.45, 7) is 3.10. The van der Waals surface area contributed by atoms with Gasteiger partial charge in [0, 0.05) is 24.6 Å². The molecule has 0 aliphatic carbocycles. The van der Waals surface area contributed by atoms with Gasteiger partial charge in [-0.25, -0.2) is 8.78 Å². The molecule has 1 aliphatic rings. The molecule has 1 heterocycles. The number of rotatable bonds is 3. The summed E-state index contributed by atoms with van der Waals surface area (Å²) in [5.41, 5.74) is 5.72. The molecule has 114 valence electrons. The molecule has 1 aromatic rings. The van der Waals surface area contributed by atoms with Crippen LogP contribution in [0.15, 0.2) is 18.2 Å². The van der Waals surface area contributed by atoms with Crippen LogP contribution < -0.4 is 5.73 Å². The van der Waals surface area contributed by atoms with Crippen LogP contribution in [0.1, 0.15) is 25.3 Å². The average molecular weight is 312 g/mol. The number of carbonyl (C=O) groups excluding carboxylic acids is 1. The third-order valence-corrected chi connectivity index (χ3v) is 4.66. The summed E-state index contributed by atoms with van der Waals surface area (Å²) >= 11 is 5.06. The molecule has 0 bridgehead atoms. The lowest BCUT2D eigenvalue weighted by atomic mass is 9.80. The molecule has 2 N–H and O–H groups in total. The molecule has 1 aliphatic heterocycles. The summed E-state index contributed by atoms with van der Waals surface area (Å²) in [6.07, 6.45) is 1.36. The summed E-state index contributed by atoms with van der Waals surface area (Å²) in [6, 6.07) is 3.26. The van der Waals surface area contributed by atoms with Crippen molar-refractivity contribution < 1.29 is 13.6 Å². The predicted octanol–water partition coefficient (Wildman–Crippen LogP) is 2.42. The van der Waals surface area contributed by atoms with Gasteiger partial charge in [0.2, 0.25) is 5.91 Å². The van der Waals surface area contributed by atoms with Crippen molar-refractivity contribution in [1.29, 1.82) is 0 Å². The van der Waals surface area contributed by atoms with Crippen molar-refractivity contribution in [3.8, 4) is 0 Å². The van der Waals surface area contributed by atoms with Gasteiger partial charge >= 0.3 is 0 Å². The van der Waals surface area contributed by atoms with E-state index in [0.29, 0.717) is 30.9 Å². The first-order chi connectivity index (χ1) is 9.82. The third-order valence-electron chi connectivity index (χ3n) is 4.17. The van der Waals surface area contributed by atoms with Gasteiger partial charge in [0.25, 0.3) is 0 Å². The first-order valence-corrected chi connectivity index (χ1v) is 7.24. The van der Waals surface area contributed by atoms with Crippen LogP contribution in [0.25, 0.3) is 0 Å². The molecule has 1 fully saturated rings. The van der Waals surface area contributed by atoms with E-state index in [4.69, 9.17) is 18.0 Å². The molecule has 1 amide bonds. The Morgan fingerprint density at radius 2 is 2.00 bits per heavy atom. The predicted molar refractivity (Wildman–Crippen MR) is 80.8 cm³/mol. The molecule has 0 atom stereocenters. The third kappa shape index (κ3) is 3.56. The minimum Gasteiger partial charge on any atom is -0.393 e. The normalized spacial score (nSPS) is 17.6. The van der Waals surface area contributed by atoms with Gasteiger partial charge in [0.05, 0.1) is 11.4 Å². The molecule has 3 nitrogen and oxygen atoms in total. The number of thiocarbonyl (C=S) groups is 1. The van der Waals surface area contributed by atoms with E-state index >= 15 is 0 Å². The van der Waals surface area contributed by atoms with Crippen LogP contribution in [0.3, 0.4) is 0 Å². The summed E-state index contributed by atoms with van der Waals surface area (Å²) in [5, 5.41) is 0. The Balaban J connectivity index is 1.98. The van der Waals surface area contributed by atoms with Gasteiger partial charge in [0.1, 0.15) is 11.6 Å². The SMILES string of the molecule is CC1(C(N)=S)CCN(C(=O)Cc2ccc(F)cc2F)CC1. The molecule has 2 rings (SSSR count). The smallest absolute Gasteiger partial charge is 0.227 e. The Kier molecular flexibility index (Phi) is 4.56. The van der Waals surface area contributed by atoms with Crippen molar-refractivity contribution in [2.75, 3.05) is 13.1 Å². The lowest BCUT2D eigenvalue weighted by molar-refractivity contribution is -0.132. The highest BCUT2D eigenvalue weighted by Crippen LogP contribution is 2.31. The quantitative estimate of drug-likeness (QED) is 0.872. The molecule has 0 saturated carbocycles. The number of nitrogens with two attached hydrogens (primary N) is 1. The number of piperidine rings is 1. The topological polar surface area (TPSA) is 46.3 Å². The van der Waals surface area contributed by atoms with Crippen LogP contribution in [0.4, 0.5) is 8.78 Å². The van der Waals surface area contributed by atoms with E-state index < -0.39 is 11.6 Å². The van der Waals surface area contributed by atoms with Crippen molar-refractivity contribution >= 4 is 23.1 Å². The maximum absolute atomic E-state index is 13.6. The second-order valence-corrected chi connectivity index (χ2v) is 6.16. The minimum atomic E-state index is -0.687. The Labute approximate surface area is 128 Å². The minimum absolute atomic E-state index is 0.0596. The fraction of sp³-hybridized carbons (Fsp3) is 0.467. The Morgan fingerprint density at radius 1 is 1.38 bits per heavy atom. The summed E-state index contributed by atoms with van der Waals surface area (Å²) in [4.78, 5) is 14.3. The Bertz CT molecular complexity index is 569. The van der Waals surface area contributed by atoms with E-state index in [1.54, 1.807) is 4.90 Å². The van der Waals surface area contributed by atoms with Crippen molar-refractivity contribution in [3.63, 3.8) is 0 Å². The summed E-state index contributed by atoms with van der Waals surface area (Å²) in [5.74, 6) is -1.49. The van der Waals surface area contributed by atoms with Crippen LogP contribution in [0.5, 0.6) is 0 Å². The van der Waals surface area contributed by atoms with E-state index in [9.17, 15) is 13.6 Å².